The van der Waals surface area contributed by atoms with E-state index in [0.29, 0.717) is 6.54 Å². The quantitative estimate of drug-likeness (QED) is 0.827. The summed E-state index contributed by atoms with van der Waals surface area (Å²) in [4.78, 5) is 14.1. The van der Waals surface area contributed by atoms with Crippen molar-refractivity contribution in [3.63, 3.8) is 0 Å². The molecule has 1 fully saturated rings. The molecular weight excluding hydrogens is 328 g/mol. The predicted molar refractivity (Wildman–Crippen MR) is 87.2 cm³/mol. The monoisotopic (exact) mass is 349 g/mol. The minimum Gasteiger partial charge on any atom is -0.433 e. The van der Waals surface area contributed by atoms with Gasteiger partial charge in [0.25, 0.3) is 0 Å². The second-order valence-corrected chi connectivity index (χ2v) is 5.90. The first kappa shape index (κ1) is 19.6. The normalized spacial score (nSPS) is 21.1. The third-order valence-electron chi connectivity index (χ3n) is 3.87. The standard InChI is InChI=1S/C15H21F2N3O2.ClH/c1-15(9-18)6-7-20(10-15)8-13(21)19-11-4-2-3-5-12(11)22-14(16)17;/h2-5,14H,6-10,18H2,1H3,(H,19,21);1H. The van der Waals surface area contributed by atoms with Crippen LogP contribution in [0.1, 0.15) is 13.3 Å². The summed E-state index contributed by atoms with van der Waals surface area (Å²) < 4.78 is 29.1. The van der Waals surface area contributed by atoms with Crippen LogP contribution in [0.15, 0.2) is 24.3 Å². The zero-order valence-corrected chi connectivity index (χ0v) is 13.7. The molecule has 1 amide bonds. The van der Waals surface area contributed by atoms with E-state index in [9.17, 15) is 13.6 Å². The molecule has 1 aliphatic rings. The molecule has 1 unspecified atom stereocenters. The Hall–Kier alpha value is -1.44. The van der Waals surface area contributed by atoms with E-state index in [1.54, 1.807) is 12.1 Å². The molecule has 1 aromatic rings. The van der Waals surface area contributed by atoms with Crippen LogP contribution in [0.5, 0.6) is 5.75 Å². The number of carbonyl (C=O) groups is 1. The van der Waals surface area contributed by atoms with E-state index < -0.39 is 6.61 Å². The number of carbonyl (C=O) groups excluding carboxylic acids is 1. The topological polar surface area (TPSA) is 67.6 Å². The van der Waals surface area contributed by atoms with Gasteiger partial charge in [-0.25, -0.2) is 0 Å². The molecule has 8 heteroatoms. The molecule has 5 nitrogen and oxygen atoms in total. The second kappa shape index (κ2) is 8.42. The van der Waals surface area contributed by atoms with Crippen LogP contribution in [0.4, 0.5) is 14.5 Å². The number of nitrogens with zero attached hydrogens (tertiary/aromatic N) is 1. The molecule has 0 spiro atoms. The summed E-state index contributed by atoms with van der Waals surface area (Å²) in [6.45, 7) is 1.51. The lowest BCUT2D eigenvalue weighted by molar-refractivity contribution is -0.117. The summed E-state index contributed by atoms with van der Waals surface area (Å²) in [7, 11) is 0. The summed E-state index contributed by atoms with van der Waals surface area (Å²) in [5.74, 6) is -0.300. The molecule has 0 aromatic heterocycles. The number of ether oxygens (including phenoxy) is 1. The Kier molecular flexibility index (Phi) is 7.18. The molecule has 2 rings (SSSR count). The molecule has 0 bridgehead atoms. The van der Waals surface area contributed by atoms with Gasteiger partial charge in [0.05, 0.1) is 12.2 Å². The van der Waals surface area contributed by atoms with E-state index >= 15 is 0 Å². The molecule has 1 heterocycles. The number of hydrogen-bond donors (Lipinski definition) is 2. The highest BCUT2D eigenvalue weighted by molar-refractivity contribution is 5.93. The number of para-hydroxylation sites is 2. The molecule has 23 heavy (non-hydrogen) atoms. The first-order chi connectivity index (χ1) is 10.4. The Morgan fingerprint density at radius 1 is 1.48 bits per heavy atom. The lowest BCUT2D eigenvalue weighted by Crippen LogP contribution is -2.35. The molecule has 1 saturated heterocycles. The van der Waals surface area contributed by atoms with E-state index in [1.807, 2.05) is 4.90 Å². The minimum absolute atomic E-state index is 0. The number of halogens is 3. The summed E-state index contributed by atoms with van der Waals surface area (Å²) in [5.41, 5.74) is 6.02. The van der Waals surface area contributed by atoms with Gasteiger partial charge in [0, 0.05) is 6.54 Å². The molecular formula is C15H22ClF2N3O2. The molecule has 3 N–H and O–H groups in total. The van der Waals surface area contributed by atoms with Gasteiger partial charge in [0.1, 0.15) is 5.75 Å². The third-order valence-corrected chi connectivity index (χ3v) is 3.87. The molecule has 1 aliphatic heterocycles. The summed E-state index contributed by atoms with van der Waals surface area (Å²) >= 11 is 0. The molecule has 0 aliphatic carbocycles. The average molecular weight is 350 g/mol. The van der Waals surface area contributed by atoms with Crippen LogP contribution in [0.2, 0.25) is 0 Å². The molecule has 0 radical (unpaired) electrons. The highest BCUT2D eigenvalue weighted by Crippen LogP contribution is 2.29. The van der Waals surface area contributed by atoms with Crippen LogP contribution in [-0.4, -0.2) is 43.6 Å². The van der Waals surface area contributed by atoms with Crippen LogP contribution in [0, 0.1) is 5.41 Å². The fourth-order valence-corrected chi connectivity index (χ4v) is 2.59. The van der Waals surface area contributed by atoms with Gasteiger partial charge in [-0.3, -0.25) is 9.69 Å². The van der Waals surface area contributed by atoms with Crippen LogP contribution >= 0.6 is 12.4 Å². The second-order valence-electron chi connectivity index (χ2n) is 5.90. The highest BCUT2D eigenvalue weighted by atomic mass is 35.5. The van der Waals surface area contributed by atoms with E-state index in [-0.39, 0.29) is 41.7 Å². The largest absolute Gasteiger partial charge is 0.433 e. The van der Waals surface area contributed by atoms with Gasteiger partial charge in [0.2, 0.25) is 5.91 Å². The molecule has 0 saturated carbocycles. The first-order valence-electron chi connectivity index (χ1n) is 7.18. The summed E-state index contributed by atoms with van der Waals surface area (Å²) in [6, 6.07) is 6.14. The smallest absolute Gasteiger partial charge is 0.387 e. The van der Waals surface area contributed by atoms with Gasteiger partial charge >= 0.3 is 6.61 Å². The maximum absolute atomic E-state index is 12.3. The Bertz CT molecular complexity index is 533. The van der Waals surface area contributed by atoms with Crippen molar-refractivity contribution < 1.29 is 18.3 Å². The number of nitrogens with two attached hydrogens (primary N) is 1. The molecule has 130 valence electrons. The average Bonchev–Trinajstić information content (AvgIpc) is 2.82. The Morgan fingerprint density at radius 2 is 2.17 bits per heavy atom. The summed E-state index contributed by atoms with van der Waals surface area (Å²) in [5, 5.41) is 2.62. The fraction of sp³-hybridized carbons (Fsp3) is 0.533. The van der Waals surface area contributed by atoms with Crippen LogP contribution in [-0.2, 0) is 4.79 Å². The Labute approximate surface area is 140 Å². The van der Waals surface area contributed by atoms with Gasteiger partial charge in [-0.2, -0.15) is 8.78 Å². The molecule has 1 atom stereocenters. The number of likely N-dealkylation sites (tertiary alicyclic amines) is 1. The lowest BCUT2D eigenvalue weighted by atomic mass is 9.90. The van der Waals surface area contributed by atoms with Gasteiger partial charge in [-0.05, 0) is 37.1 Å². The van der Waals surface area contributed by atoms with Crippen molar-refractivity contribution in [3.05, 3.63) is 24.3 Å². The van der Waals surface area contributed by atoms with Crippen molar-refractivity contribution in [2.45, 2.75) is 20.0 Å². The van der Waals surface area contributed by atoms with Crippen molar-refractivity contribution in [1.82, 2.24) is 4.90 Å². The van der Waals surface area contributed by atoms with Crippen molar-refractivity contribution in [2.75, 3.05) is 31.5 Å². The third kappa shape index (κ3) is 5.60. The maximum atomic E-state index is 12.3. The van der Waals surface area contributed by atoms with E-state index in [1.165, 1.54) is 12.1 Å². The lowest BCUT2D eigenvalue weighted by Gasteiger charge is -2.22. The van der Waals surface area contributed by atoms with Gasteiger partial charge in [0.15, 0.2) is 0 Å². The van der Waals surface area contributed by atoms with Gasteiger partial charge in [-0.15, -0.1) is 12.4 Å². The van der Waals surface area contributed by atoms with Crippen LogP contribution < -0.4 is 15.8 Å². The fourth-order valence-electron chi connectivity index (χ4n) is 2.59. The van der Waals surface area contributed by atoms with E-state index in [2.05, 4.69) is 17.0 Å². The number of benzene rings is 1. The van der Waals surface area contributed by atoms with Crippen LogP contribution in [0.3, 0.4) is 0 Å². The number of amides is 1. The van der Waals surface area contributed by atoms with Crippen molar-refractivity contribution in [2.24, 2.45) is 11.1 Å². The van der Waals surface area contributed by atoms with Crippen molar-refractivity contribution >= 4 is 24.0 Å². The highest BCUT2D eigenvalue weighted by Gasteiger charge is 2.33. The van der Waals surface area contributed by atoms with Gasteiger partial charge in [-0.1, -0.05) is 19.1 Å². The molecule has 1 aromatic carbocycles. The number of rotatable bonds is 6. The Balaban J connectivity index is 0.00000264. The SMILES string of the molecule is CC1(CN)CCN(CC(=O)Nc2ccccc2OC(F)F)C1.Cl. The van der Waals surface area contributed by atoms with Crippen LogP contribution in [0.25, 0.3) is 0 Å². The van der Waals surface area contributed by atoms with Crippen molar-refractivity contribution in [1.29, 1.82) is 0 Å². The number of alkyl halides is 2. The first-order valence-corrected chi connectivity index (χ1v) is 7.18. The number of anilines is 1. The maximum Gasteiger partial charge on any atom is 0.387 e. The predicted octanol–water partition coefficient (Wildman–Crippen LogP) is 2.32. The number of hydrogen-bond acceptors (Lipinski definition) is 4. The van der Waals surface area contributed by atoms with E-state index in [0.717, 1.165) is 19.5 Å². The van der Waals surface area contributed by atoms with E-state index in [4.69, 9.17) is 5.73 Å². The minimum atomic E-state index is -2.93. The Morgan fingerprint density at radius 3 is 2.78 bits per heavy atom. The summed E-state index contributed by atoms with van der Waals surface area (Å²) in [6.07, 6.45) is 0.946. The van der Waals surface area contributed by atoms with Gasteiger partial charge < -0.3 is 15.8 Å². The van der Waals surface area contributed by atoms with Crippen molar-refractivity contribution in [3.8, 4) is 5.75 Å². The zero-order valence-electron chi connectivity index (χ0n) is 12.9. The number of nitrogens with one attached hydrogen (secondary N) is 1. The zero-order chi connectivity index (χ0) is 16.2.